The zero-order valence-corrected chi connectivity index (χ0v) is 19.9. The lowest BCUT2D eigenvalue weighted by Crippen LogP contribution is -2.30. The van der Waals surface area contributed by atoms with Crippen molar-refractivity contribution < 1.29 is 28.4 Å². The molecule has 4 rings (SSSR count). The Morgan fingerprint density at radius 3 is 2.51 bits per heavy atom. The maximum atomic E-state index is 12.5. The van der Waals surface area contributed by atoms with Crippen LogP contribution in [0.5, 0.6) is 5.75 Å². The van der Waals surface area contributed by atoms with Gasteiger partial charge in [0.05, 0.1) is 10.5 Å². The third-order valence-electron chi connectivity index (χ3n) is 5.53. The molecule has 188 valence electrons. The van der Waals surface area contributed by atoms with Crippen LogP contribution in [0.3, 0.4) is 0 Å². The molecule has 0 saturated heterocycles. The lowest BCUT2D eigenvalue weighted by atomic mass is 10.1. The van der Waals surface area contributed by atoms with E-state index in [9.17, 15) is 24.5 Å². The van der Waals surface area contributed by atoms with Gasteiger partial charge in [-0.2, -0.15) is 0 Å². The minimum atomic E-state index is -1.19. The van der Waals surface area contributed by atoms with Gasteiger partial charge in [-0.05, 0) is 55.3 Å². The number of benzene rings is 3. The third-order valence-corrected chi connectivity index (χ3v) is 5.53. The fourth-order valence-electron chi connectivity index (χ4n) is 3.55. The summed E-state index contributed by atoms with van der Waals surface area (Å²) in [6, 6.07) is 18.8. The summed E-state index contributed by atoms with van der Waals surface area (Å²) in [6.07, 6.45) is -1.19. The molecular formula is C27H22N2O8. The zero-order valence-electron chi connectivity index (χ0n) is 19.9. The van der Waals surface area contributed by atoms with Gasteiger partial charge in [0.2, 0.25) is 0 Å². The maximum Gasteiger partial charge on any atom is 0.338 e. The second-order valence-corrected chi connectivity index (χ2v) is 8.20. The predicted octanol–water partition coefficient (Wildman–Crippen LogP) is 4.77. The zero-order chi connectivity index (χ0) is 26.5. The molecule has 10 nitrogen and oxygen atoms in total. The van der Waals surface area contributed by atoms with E-state index in [2.05, 4.69) is 5.32 Å². The Bertz CT molecular complexity index is 1540. The number of rotatable bonds is 8. The van der Waals surface area contributed by atoms with E-state index in [0.29, 0.717) is 11.3 Å². The third kappa shape index (κ3) is 5.99. The summed E-state index contributed by atoms with van der Waals surface area (Å²) in [6.45, 7) is 3.40. The molecule has 0 unspecified atom stereocenters. The van der Waals surface area contributed by atoms with Crippen molar-refractivity contribution in [2.75, 3.05) is 5.32 Å². The number of nitrogens with zero attached hydrogens (tertiary/aromatic N) is 1. The lowest BCUT2D eigenvalue weighted by Gasteiger charge is -2.14. The van der Waals surface area contributed by atoms with Crippen LogP contribution in [0.4, 0.5) is 11.4 Å². The fourth-order valence-corrected chi connectivity index (χ4v) is 3.55. The number of esters is 1. The summed E-state index contributed by atoms with van der Waals surface area (Å²) in [5.74, 6) is -0.907. The minimum absolute atomic E-state index is 0.00781. The average molecular weight is 502 g/mol. The number of anilines is 1. The van der Waals surface area contributed by atoms with Crippen molar-refractivity contribution in [3.63, 3.8) is 0 Å². The summed E-state index contributed by atoms with van der Waals surface area (Å²) in [5.41, 5.74) is 1.54. The summed E-state index contributed by atoms with van der Waals surface area (Å²) in [7, 11) is 0. The Morgan fingerprint density at radius 1 is 1.05 bits per heavy atom. The topological polar surface area (TPSA) is 138 Å². The Kier molecular flexibility index (Phi) is 7.28. The molecule has 3 aromatic carbocycles. The minimum Gasteiger partial charge on any atom is -0.489 e. The van der Waals surface area contributed by atoms with E-state index in [-0.39, 0.29) is 23.5 Å². The second-order valence-electron chi connectivity index (χ2n) is 8.20. The molecule has 1 amide bonds. The standard InChI is InChI=1S/C27H22N2O8/c1-16-13-25(30)37-24-14-20(11-12-21(16)24)35-15-18-7-9-19(10-8-18)27(32)36-17(2)26(31)28-22-5-3-4-6-23(22)29(33)34/h3-14,17H,15H2,1-2H3,(H,28,31)/t17-/m1/s1. The maximum absolute atomic E-state index is 12.5. The molecule has 0 saturated carbocycles. The quantitative estimate of drug-likeness (QED) is 0.157. The molecule has 1 atom stereocenters. The largest absolute Gasteiger partial charge is 0.489 e. The molecule has 4 aromatic rings. The molecular weight excluding hydrogens is 480 g/mol. The Hall–Kier alpha value is -4.99. The van der Waals surface area contributed by atoms with Gasteiger partial charge >= 0.3 is 11.6 Å². The van der Waals surface area contributed by atoms with E-state index in [1.54, 1.807) is 30.3 Å². The Labute approximate surface area is 210 Å². The van der Waals surface area contributed by atoms with Gasteiger partial charge in [-0.25, -0.2) is 9.59 Å². The van der Waals surface area contributed by atoms with Crippen molar-refractivity contribution in [2.24, 2.45) is 0 Å². The number of para-hydroxylation sites is 2. The summed E-state index contributed by atoms with van der Waals surface area (Å²) in [5, 5.41) is 14.3. The molecule has 0 bridgehead atoms. The number of carbonyl (C=O) groups excluding carboxylic acids is 2. The van der Waals surface area contributed by atoms with Crippen LogP contribution in [0.25, 0.3) is 11.0 Å². The number of nitro groups is 1. The first-order valence-corrected chi connectivity index (χ1v) is 11.2. The first-order valence-electron chi connectivity index (χ1n) is 11.2. The second kappa shape index (κ2) is 10.7. The van der Waals surface area contributed by atoms with E-state index in [4.69, 9.17) is 13.9 Å². The van der Waals surface area contributed by atoms with E-state index >= 15 is 0 Å². The van der Waals surface area contributed by atoms with Crippen LogP contribution in [0.2, 0.25) is 0 Å². The van der Waals surface area contributed by atoms with Crippen LogP contribution in [-0.2, 0) is 16.1 Å². The van der Waals surface area contributed by atoms with Gasteiger partial charge < -0.3 is 19.2 Å². The van der Waals surface area contributed by atoms with Gasteiger partial charge in [-0.15, -0.1) is 0 Å². The molecule has 0 aliphatic heterocycles. The molecule has 0 aliphatic carbocycles. The van der Waals surface area contributed by atoms with E-state index in [0.717, 1.165) is 16.5 Å². The monoisotopic (exact) mass is 502 g/mol. The SMILES string of the molecule is Cc1cc(=O)oc2cc(OCc3ccc(C(=O)O[C@H](C)C(=O)Nc4ccccc4[N+](=O)[O-])cc3)ccc12. The van der Waals surface area contributed by atoms with Crippen LogP contribution >= 0.6 is 0 Å². The predicted molar refractivity (Wildman–Crippen MR) is 135 cm³/mol. The van der Waals surface area contributed by atoms with Gasteiger partial charge in [0.15, 0.2) is 6.10 Å². The highest BCUT2D eigenvalue weighted by atomic mass is 16.6. The molecule has 0 radical (unpaired) electrons. The van der Waals surface area contributed by atoms with Crippen molar-refractivity contribution in [1.82, 2.24) is 0 Å². The van der Waals surface area contributed by atoms with Gasteiger partial charge in [-0.3, -0.25) is 14.9 Å². The highest BCUT2D eigenvalue weighted by Gasteiger charge is 2.22. The molecule has 1 aromatic heterocycles. The summed E-state index contributed by atoms with van der Waals surface area (Å²) < 4.78 is 16.2. The molecule has 1 N–H and O–H groups in total. The molecule has 0 fully saturated rings. The average Bonchev–Trinajstić information content (AvgIpc) is 2.87. The van der Waals surface area contributed by atoms with Gasteiger partial charge in [0.25, 0.3) is 11.6 Å². The smallest absolute Gasteiger partial charge is 0.338 e. The van der Waals surface area contributed by atoms with Crippen LogP contribution in [-0.4, -0.2) is 22.9 Å². The molecule has 10 heteroatoms. The van der Waals surface area contributed by atoms with Gasteiger partial charge in [-0.1, -0.05) is 24.3 Å². The number of ether oxygens (including phenoxy) is 2. The van der Waals surface area contributed by atoms with Crippen molar-refractivity contribution in [3.8, 4) is 5.75 Å². The van der Waals surface area contributed by atoms with Crippen LogP contribution < -0.4 is 15.7 Å². The van der Waals surface area contributed by atoms with Crippen molar-refractivity contribution in [1.29, 1.82) is 0 Å². The van der Waals surface area contributed by atoms with Crippen LogP contribution in [0.1, 0.15) is 28.4 Å². The van der Waals surface area contributed by atoms with Crippen molar-refractivity contribution in [2.45, 2.75) is 26.6 Å². The number of hydrogen-bond acceptors (Lipinski definition) is 8. The number of amides is 1. The molecule has 37 heavy (non-hydrogen) atoms. The fraction of sp³-hybridized carbons (Fsp3) is 0.148. The Morgan fingerprint density at radius 2 is 1.78 bits per heavy atom. The summed E-state index contributed by atoms with van der Waals surface area (Å²) >= 11 is 0. The van der Waals surface area contributed by atoms with Crippen LogP contribution in [0.15, 0.2) is 82.0 Å². The van der Waals surface area contributed by atoms with E-state index in [1.807, 2.05) is 13.0 Å². The van der Waals surface area contributed by atoms with E-state index in [1.165, 1.54) is 43.3 Å². The van der Waals surface area contributed by atoms with Crippen molar-refractivity contribution in [3.05, 3.63) is 110 Å². The molecule has 0 spiro atoms. The number of carbonyl (C=O) groups is 2. The van der Waals surface area contributed by atoms with E-state index < -0.39 is 28.5 Å². The normalized spacial score (nSPS) is 11.5. The lowest BCUT2D eigenvalue weighted by molar-refractivity contribution is -0.383. The van der Waals surface area contributed by atoms with Gasteiger partial charge in [0, 0.05) is 23.6 Å². The number of hydrogen-bond donors (Lipinski definition) is 1. The highest BCUT2D eigenvalue weighted by molar-refractivity contribution is 5.98. The van der Waals surface area contributed by atoms with Crippen molar-refractivity contribution >= 4 is 34.2 Å². The van der Waals surface area contributed by atoms with Gasteiger partial charge in [0.1, 0.15) is 23.6 Å². The molecule has 0 aliphatic rings. The molecule has 1 heterocycles. The van der Waals surface area contributed by atoms with Crippen LogP contribution in [0, 0.1) is 17.0 Å². The Balaban J connectivity index is 1.34. The first-order chi connectivity index (χ1) is 17.7. The first kappa shape index (κ1) is 25.1. The number of nitro benzene ring substituents is 1. The summed E-state index contributed by atoms with van der Waals surface area (Å²) in [4.78, 5) is 47.0. The number of fused-ring (bicyclic) bond motifs is 1. The number of aryl methyl sites for hydroxylation is 1. The highest BCUT2D eigenvalue weighted by Crippen LogP contribution is 2.24. The number of nitrogens with one attached hydrogen (secondary N) is 1.